The molecule has 0 aliphatic rings. The molecule has 0 rings (SSSR count). The van der Waals surface area contributed by atoms with E-state index in [9.17, 15) is 24.3 Å². The number of carbonyl (C=O) groups excluding carboxylic acids is 1. The van der Waals surface area contributed by atoms with Gasteiger partial charge in [-0.05, 0) is 12.8 Å². The summed E-state index contributed by atoms with van der Waals surface area (Å²) in [6.45, 7) is 1.89. The SMILES string of the molecule is CCCCC(CCC(=O)O)OC(=O)CC(O)(CC(=O)O)C(=O)O. The van der Waals surface area contributed by atoms with Gasteiger partial charge in [0.05, 0.1) is 12.8 Å². The van der Waals surface area contributed by atoms with Crippen molar-refractivity contribution in [2.45, 2.75) is 63.6 Å². The van der Waals surface area contributed by atoms with Gasteiger partial charge in [-0.3, -0.25) is 14.4 Å². The van der Waals surface area contributed by atoms with Crippen LogP contribution in [0.3, 0.4) is 0 Å². The van der Waals surface area contributed by atoms with Gasteiger partial charge in [0, 0.05) is 6.42 Å². The zero-order chi connectivity index (χ0) is 18.0. The topological polar surface area (TPSA) is 158 Å². The fraction of sp³-hybridized carbons (Fsp3) is 0.714. The molecule has 0 radical (unpaired) electrons. The molecule has 0 aromatic heterocycles. The van der Waals surface area contributed by atoms with E-state index in [1.165, 1.54) is 0 Å². The van der Waals surface area contributed by atoms with E-state index >= 15 is 0 Å². The van der Waals surface area contributed by atoms with Gasteiger partial charge in [-0.2, -0.15) is 0 Å². The lowest BCUT2D eigenvalue weighted by molar-refractivity contribution is -0.174. The highest BCUT2D eigenvalue weighted by Crippen LogP contribution is 2.19. The molecule has 9 nitrogen and oxygen atoms in total. The molecule has 2 unspecified atom stereocenters. The van der Waals surface area contributed by atoms with E-state index in [4.69, 9.17) is 20.1 Å². The van der Waals surface area contributed by atoms with Crippen LogP contribution in [-0.4, -0.2) is 56.0 Å². The van der Waals surface area contributed by atoms with Gasteiger partial charge in [0.1, 0.15) is 6.10 Å². The van der Waals surface area contributed by atoms with E-state index in [-0.39, 0.29) is 12.8 Å². The summed E-state index contributed by atoms with van der Waals surface area (Å²) >= 11 is 0. The number of esters is 1. The monoisotopic (exact) mass is 334 g/mol. The van der Waals surface area contributed by atoms with Crippen molar-refractivity contribution in [1.29, 1.82) is 0 Å². The Kier molecular flexibility index (Phi) is 8.86. The second-order valence-corrected chi connectivity index (χ2v) is 5.27. The Bertz CT molecular complexity index is 446. The van der Waals surface area contributed by atoms with Crippen LogP contribution in [0.2, 0.25) is 0 Å². The third kappa shape index (κ3) is 8.77. The highest BCUT2D eigenvalue weighted by atomic mass is 16.5. The van der Waals surface area contributed by atoms with E-state index in [0.717, 1.165) is 6.42 Å². The first-order valence-corrected chi connectivity index (χ1v) is 7.19. The molecular formula is C14H22O9. The van der Waals surface area contributed by atoms with Crippen LogP contribution in [-0.2, 0) is 23.9 Å². The summed E-state index contributed by atoms with van der Waals surface area (Å²) in [5.74, 6) is -5.55. The summed E-state index contributed by atoms with van der Waals surface area (Å²) in [4.78, 5) is 43.9. The van der Waals surface area contributed by atoms with Crippen molar-refractivity contribution in [2.75, 3.05) is 0 Å². The van der Waals surface area contributed by atoms with Crippen LogP contribution in [0.25, 0.3) is 0 Å². The van der Waals surface area contributed by atoms with Crippen LogP contribution in [0.1, 0.15) is 51.9 Å². The van der Waals surface area contributed by atoms with Crippen LogP contribution in [0.4, 0.5) is 0 Å². The number of carboxylic acids is 3. The minimum absolute atomic E-state index is 0.0610. The summed E-state index contributed by atoms with van der Waals surface area (Å²) in [6.07, 6.45) is -1.18. The average Bonchev–Trinajstić information content (AvgIpc) is 2.40. The Labute approximate surface area is 132 Å². The Morgan fingerprint density at radius 2 is 1.61 bits per heavy atom. The van der Waals surface area contributed by atoms with Gasteiger partial charge < -0.3 is 25.2 Å². The third-order valence-corrected chi connectivity index (χ3v) is 3.14. The number of carbonyl (C=O) groups is 4. The zero-order valence-corrected chi connectivity index (χ0v) is 12.9. The minimum atomic E-state index is -2.76. The lowest BCUT2D eigenvalue weighted by Gasteiger charge is -2.23. The Morgan fingerprint density at radius 1 is 1.00 bits per heavy atom. The minimum Gasteiger partial charge on any atom is -0.481 e. The largest absolute Gasteiger partial charge is 0.481 e. The smallest absolute Gasteiger partial charge is 0.336 e. The summed E-state index contributed by atoms with van der Waals surface area (Å²) in [7, 11) is 0. The van der Waals surface area contributed by atoms with Crippen molar-refractivity contribution in [2.24, 2.45) is 0 Å². The second kappa shape index (κ2) is 9.78. The Hall–Kier alpha value is -2.16. The molecule has 0 heterocycles. The quantitative estimate of drug-likeness (QED) is 0.375. The maximum Gasteiger partial charge on any atom is 0.336 e. The first kappa shape index (κ1) is 20.8. The molecule has 0 amide bonds. The number of aliphatic carboxylic acids is 3. The Morgan fingerprint density at radius 3 is 2.04 bits per heavy atom. The molecule has 0 aromatic carbocycles. The number of unbranched alkanes of at least 4 members (excludes halogenated alkanes) is 1. The van der Waals surface area contributed by atoms with Gasteiger partial charge >= 0.3 is 23.9 Å². The maximum atomic E-state index is 11.8. The lowest BCUT2D eigenvalue weighted by Crippen LogP contribution is -2.43. The molecule has 0 aromatic rings. The normalized spacial score (nSPS) is 14.5. The van der Waals surface area contributed by atoms with Crippen molar-refractivity contribution >= 4 is 23.9 Å². The summed E-state index contributed by atoms with van der Waals surface area (Å²) in [5, 5.41) is 35.9. The van der Waals surface area contributed by atoms with Crippen molar-refractivity contribution < 1.29 is 44.3 Å². The van der Waals surface area contributed by atoms with Crippen molar-refractivity contribution in [3.05, 3.63) is 0 Å². The number of ether oxygens (including phenoxy) is 1. The van der Waals surface area contributed by atoms with Crippen LogP contribution >= 0.6 is 0 Å². The Balaban J connectivity index is 4.77. The van der Waals surface area contributed by atoms with Crippen LogP contribution in [0, 0.1) is 0 Å². The number of carboxylic acid groups (broad SMARTS) is 3. The van der Waals surface area contributed by atoms with Gasteiger partial charge in [-0.15, -0.1) is 0 Å². The standard InChI is InChI=1S/C14H22O9/c1-2-3-4-9(5-6-10(15)16)23-12(19)8-14(22,13(20)21)7-11(17)18/h9,22H,2-8H2,1H3,(H,15,16)(H,17,18)(H,20,21). The van der Waals surface area contributed by atoms with E-state index in [1.54, 1.807) is 0 Å². The van der Waals surface area contributed by atoms with Crippen LogP contribution in [0.15, 0.2) is 0 Å². The molecule has 0 fully saturated rings. The molecule has 2 atom stereocenters. The first-order chi connectivity index (χ1) is 10.6. The molecule has 132 valence electrons. The van der Waals surface area contributed by atoms with E-state index in [0.29, 0.717) is 12.8 Å². The molecule has 0 aliphatic heterocycles. The van der Waals surface area contributed by atoms with Crippen molar-refractivity contribution in [3.63, 3.8) is 0 Å². The number of aliphatic hydroxyl groups is 1. The number of hydrogen-bond acceptors (Lipinski definition) is 6. The van der Waals surface area contributed by atoms with Gasteiger partial charge in [0.25, 0.3) is 0 Å². The number of hydrogen-bond donors (Lipinski definition) is 4. The first-order valence-electron chi connectivity index (χ1n) is 7.19. The van der Waals surface area contributed by atoms with Crippen molar-refractivity contribution in [1.82, 2.24) is 0 Å². The van der Waals surface area contributed by atoms with Crippen LogP contribution < -0.4 is 0 Å². The summed E-state index contributed by atoms with van der Waals surface area (Å²) < 4.78 is 5.01. The third-order valence-electron chi connectivity index (χ3n) is 3.14. The van der Waals surface area contributed by atoms with E-state index in [2.05, 4.69) is 0 Å². The highest BCUT2D eigenvalue weighted by Gasteiger charge is 2.41. The molecule has 9 heteroatoms. The molecule has 0 aliphatic carbocycles. The van der Waals surface area contributed by atoms with Gasteiger partial charge in [0.15, 0.2) is 5.60 Å². The molecule has 23 heavy (non-hydrogen) atoms. The van der Waals surface area contributed by atoms with Crippen LogP contribution in [0.5, 0.6) is 0 Å². The maximum absolute atomic E-state index is 11.8. The highest BCUT2D eigenvalue weighted by molar-refractivity contribution is 5.88. The fourth-order valence-corrected chi connectivity index (χ4v) is 1.91. The molecule has 0 bridgehead atoms. The lowest BCUT2D eigenvalue weighted by atomic mass is 9.96. The van der Waals surface area contributed by atoms with Gasteiger partial charge in [-0.1, -0.05) is 19.8 Å². The predicted octanol–water partition coefficient (Wildman–Crippen LogP) is 0.634. The molecule has 0 spiro atoms. The predicted molar refractivity (Wildman–Crippen MR) is 75.7 cm³/mol. The average molecular weight is 334 g/mol. The molecule has 0 saturated carbocycles. The van der Waals surface area contributed by atoms with E-state index in [1.807, 2.05) is 6.92 Å². The summed E-state index contributed by atoms with van der Waals surface area (Å²) in [5.41, 5.74) is -2.76. The molecule has 4 N–H and O–H groups in total. The molecular weight excluding hydrogens is 312 g/mol. The fourth-order valence-electron chi connectivity index (χ4n) is 1.91. The number of rotatable bonds is 12. The van der Waals surface area contributed by atoms with Gasteiger partial charge in [-0.25, -0.2) is 4.79 Å². The summed E-state index contributed by atoms with van der Waals surface area (Å²) in [6, 6.07) is 0. The van der Waals surface area contributed by atoms with Crippen molar-refractivity contribution in [3.8, 4) is 0 Å². The second-order valence-electron chi connectivity index (χ2n) is 5.27. The zero-order valence-electron chi connectivity index (χ0n) is 12.9. The van der Waals surface area contributed by atoms with E-state index < -0.39 is 48.4 Å². The van der Waals surface area contributed by atoms with Gasteiger partial charge in [0.2, 0.25) is 0 Å². The molecule has 0 saturated heterocycles.